The molecular weight excluding hydrogens is 414 g/mol. The first-order valence-electron chi connectivity index (χ1n) is 10.00. The third-order valence-electron chi connectivity index (χ3n) is 5.47. The molecule has 0 bridgehead atoms. The summed E-state index contributed by atoms with van der Waals surface area (Å²) in [5.41, 5.74) is 1.12. The maximum atomic E-state index is 13.0. The molecule has 3 rings (SSSR count). The number of methoxy groups -OCH3 is 3. The van der Waals surface area contributed by atoms with E-state index in [2.05, 4.69) is 10.6 Å². The Morgan fingerprint density at radius 1 is 1.00 bits per heavy atom. The van der Waals surface area contributed by atoms with E-state index in [9.17, 15) is 14.4 Å². The van der Waals surface area contributed by atoms with Crippen LogP contribution in [-0.2, 0) is 21.7 Å². The van der Waals surface area contributed by atoms with Gasteiger partial charge in [-0.2, -0.15) is 0 Å². The zero-order valence-electron chi connectivity index (χ0n) is 18.8. The number of hydrogen-bond donors (Lipinski definition) is 2. The van der Waals surface area contributed by atoms with Crippen molar-refractivity contribution in [1.29, 1.82) is 0 Å². The van der Waals surface area contributed by atoms with Crippen molar-refractivity contribution >= 4 is 17.8 Å². The first kappa shape index (κ1) is 22.9. The van der Waals surface area contributed by atoms with Crippen LogP contribution >= 0.6 is 0 Å². The molecule has 170 valence electrons. The van der Waals surface area contributed by atoms with Crippen molar-refractivity contribution in [2.75, 3.05) is 27.9 Å². The van der Waals surface area contributed by atoms with Crippen molar-refractivity contribution in [2.24, 2.45) is 0 Å². The van der Waals surface area contributed by atoms with Crippen molar-refractivity contribution in [2.45, 2.75) is 25.9 Å². The molecular formula is C23H27N3O6. The highest BCUT2D eigenvalue weighted by molar-refractivity contribution is 6.09. The van der Waals surface area contributed by atoms with Crippen LogP contribution in [0.5, 0.6) is 17.2 Å². The summed E-state index contributed by atoms with van der Waals surface area (Å²) >= 11 is 0. The number of amides is 4. The van der Waals surface area contributed by atoms with Crippen LogP contribution in [0.1, 0.15) is 23.6 Å². The summed E-state index contributed by atoms with van der Waals surface area (Å²) in [7, 11) is 4.53. The Hall–Kier alpha value is -3.75. The van der Waals surface area contributed by atoms with Gasteiger partial charge in [-0.05, 0) is 25.5 Å². The quantitative estimate of drug-likeness (QED) is 0.608. The molecule has 0 radical (unpaired) electrons. The van der Waals surface area contributed by atoms with Gasteiger partial charge in [0.05, 0.1) is 21.3 Å². The standard InChI is InChI=1S/C23H27N3O6/c1-14-6-8-16(9-7-14)23(2)21(28)26(22(29)25-23)13-20(27)24-12-15-10-18(31-4)19(32-5)11-17(15)30-3/h6-11H,12-13H2,1-5H3,(H,24,27)(H,25,29). The van der Waals surface area contributed by atoms with Crippen LogP contribution < -0.4 is 24.8 Å². The van der Waals surface area contributed by atoms with Crippen LogP contribution in [0.3, 0.4) is 0 Å². The molecule has 1 saturated heterocycles. The summed E-state index contributed by atoms with van der Waals surface area (Å²) in [6.07, 6.45) is 0. The Bertz CT molecular complexity index is 1040. The summed E-state index contributed by atoms with van der Waals surface area (Å²) in [5, 5.41) is 5.41. The third-order valence-corrected chi connectivity index (χ3v) is 5.47. The molecule has 1 aliphatic rings. The van der Waals surface area contributed by atoms with Crippen molar-refractivity contribution in [1.82, 2.24) is 15.5 Å². The van der Waals surface area contributed by atoms with Crippen LogP contribution in [0.2, 0.25) is 0 Å². The number of hydrogen-bond acceptors (Lipinski definition) is 6. The molecule has 1 aliphatic heterocycles. The zero-order valence-corrected chi connectivity index (χ0v) is 18.8. The second kappa shape index (κ2) is 9.17. The van der Waals surface area contributed by atoms with Gasteiger partial charge >= 0.3 is 6.03 Å². The molecule has 4 amide bonds. The Morgan fingerprint density at radius 2 is 1.59 bits per heavy atom. The van der Waals surface area contributed by atoms with E-state index in [1.165, 1.54) is 21.3 Å². The number of benzene rings is 2. The normalized spacial score (nSPS) is 17.7. The molecule has 0 saturated carbocycles. The average molecular weight is 441 g/mol. The number of urea groups is 1. The first-order chi connectivity index (χ1) is 15.2. The number of rotatable bonds is 8. The Kier molecular flexibility index (Phi) is 6.57. The third kappa shape index (κ3) is 4.32. The lowest BCUT2D eigenvalue weighted by Crippen LogP contribution is -2.43. The summed E-state index contributed by atoms with van der Waals surface area (Å²) in [6.45, 7) is 3.28. The minimum Gasteiger partial charge on any atom is -0.496 e. The lowest BCUT2D eigenvalue weighted by molar-refractivity contribution is -0.134. The van der Waals surface area contributed by atoms with Crippen molar-refractivity contribution in [3.63, 3.8) is 0 Å². The molecule has 1 heterocycles. The fourth-order valence-electron chi connectivity index (χ4n) is 3.55. The molecule has 1 fully saturated rings. The van der Waals surface area contributed by atoms with Gasteiger partial charge in [0.1, 0.15) is 17.8 Å². The van der Waals surface area contributed by atoms with E-state index >= 15 is 0 Å². The summed E-state index contributed by atoms with van der Waals surface area (Å²) in [5.74, 6) is 0.517. The van der Waals surface area contributed by atoms with Crippen LogP contribution in [0.25, 0.3) is 0 Å². The van der Waals surface area contributed by atoms with E-state index in [0.717, 1.165) is 10.5 Å². The fourth-order valence-corrected chi connectivity index (χ4v) is 3.55. The summed E-state index contributed by atoms with van der Waals surface area (Å²) in [6, 6.07) is 10.1. The van der Waals surface area contributed by atoms with Gasteiger partial charge in [0.2, 0.25) is 5.91 Å². The van der Waals surface area contributed by atoms with Gasteiger partial charge < -0.3 is 24.8 Å². The highest BCUT2D eigenvalue weighted by atomic mass is 16.5. The Morgan fingerprint density at radius 3 is 2.19 bits per heavy atom. The van der Waals surface area contributed by atoms with Crippen LogP contribution in [-0.4, -0.2) is 50.6 Å². The summed E-state index contributed by atoms with van der Waals surface area (Å²) in [4.78, 5) is 38.9. The van der Waals surface area contributed by atoms with E-state index in [1.807, 2.05) is 19.1 Å². The molecule has 2 aromatic rings. The highest BCUT2D eigenvalue weighted by Gasteiger charge is 2.49. The molecule has 2 N–H and O–H groups in total. The molecule has 1 unspecified atom stereocenters. The van der Waals surface area contributed by atoms with E-state index in [1.54, 1.807) is 31.2 Å². The number of carbonyl (C=O) groups is 3. The number of carbonyl (C=O) groups excluding carboxylic acids is 3. The average Bonchev–Trinajstić information content (AvgIpc) is 3.01. The van der Waals surface area contributed by atoms with Crippen molar-refractivity contribution < 1.29 is 28.6 Å². The number of imide groups is 1. The van der Waals surface area contributed by atoms with Crippen LogP contribution in [0.4, 0.5) is 4.79 Å². The molecule has 1 atom stereocenters. The van der Waals surface area contributed by atoms with E-state index in [-0.39, 0.29) is 6.54 Å². The first-order valence-corrected chi connectivity index (χ1v) is 10.00. The van der Waals surface area contributed by atoms with Gasteiger partial charge in [-0.15, -0.1) is 0 Å². The number of nitrogens with zero attached hydrogens (tertiary/aromatic N) is 1. The molecule has 0 spiro atoms. The molecule has 2 aromatic carbocycles. The lowest BCUT2D eigenvalue weighted by Gasteiger charge is -2.22. The predicted octanol–water partition coefficient (Wildman–Crippen LogP) is 2.10. The van der Waals surface area contributed by atoms with Crippen LogP contribution in [0, 0.1) is 6.92 Å². The lowest BCUT2D eigenvalue weighted by atomic mass is 9.91. The Labute approximate surface area is 186 Å². The molecule has 9 nitrogen and oxygen atoms in total. The monoisotopic (exact) mass is 441 g/mol. The smallest absolute Gasteiger partial charge is 0.325 e. The number of nitrogens with one attached hydrogen (secondary N) is 2. The molecule has 0 aromatic heterocycles. The Balaban J connectivity index is 1.70. The number of aryl methyl sites for hydroxylation is 1. The number of ether oxygens (including phenoxy) is 3. The minimum atomic E-state index is -1.22. The highest BCUT2D eigenvalue weighted by Crippen LogP contribution is 2.34. The SMILES string of the molecule is COc1cc(OC)c(OC)cc1CNC(=O)CN1C(=O)NC(C)(c2ccc(C)cc2)C1=O. The van der Waals surface area contributed by atoms with E-state index in [0.29, 0.717) is 28.4 Å². The topological polar surface area (TPSA) is 106 Å². The van der Waals surface area contributed by atoms with Gasteiger partial charge in [-0.3, -0.25) is 14.5 Å². The summed E-state index contributed by atoms with van der Waals surface area (Å²) < 4.78 is 15.9. The van der Waals surface area contributed by atoms with Gasteiger partial charge in [-0.1, -0.05) is 29.8 Å². The minimum absolute atomic E-state index is 0.112. The van der Waals surface area contributed by atoms with Gasteiger partial charge in [0.25, 0.3) is 5.91 Å². The second-order valence-corrected chi connectivity index (χ2v) is 7.61. The van der Waals surface area contributed by atoms with Gasteiger partial charge in [0.15, 0.2) is 11.5 Å². The fraction of sp³-hybridized carbons (Fsp3) is 0.348. The molecule has 9 heteroatoms. The predicted molar refractivity (Wildman–Crippen MR) is 117 cm³/mol. The van der Waals surface area contributed by atoms with Crippen molar-refractivity contribution in [3.05, 3.63) is 53.1 Å². The zero-order chi connectivity index (χ0) is 23.5. The maximum Gasteiger partial charge on any atom is 0.325 e. The second-order valence-electron chi connectivity index (χ2n) is 7.61. The van der Waals surface area contributed by atoms with E-state index in [4.69, 9.17) is 14.2 Å². The largest absolute Gasteiger partial charge is 0.496 e. The van der Waals surface area contributed by atoms with Crippen molar-refractivity contribution in [3.8, 4) is 17.2 Å². The molecule has 32 heavy (non-hydrogen) atoms. The van der Waals surface area contributed by atoms with Gasteiger partial charge in [0, 0.05) is 18.2 Å². The molecule has 0 aliphatic carbocycles. The van der Waals surface area contributed by atoms with E-state index < -0.39 is 29.9 Å². The maximum absolute atomic E-state index is 13.0. The van der Waals surface area contributed by atoms with Gasteiger partial charge in [-0.25, -0.2) is 4.79 Å². The van der Waals surface area contributed by atoms with Crippen LogP contribution in [0.15, 0.2) is 36.4 Å².